The fourth-order valence-corrected chi connectivity index (χ4v) is 2.09. The molecule has 0 spiro atoms. The van der Waals surface area contributed by atoms with Crippen molar-refractivity contribution < 1.29 is 14.5 Å². The molecule has 23 heavy (non-hydrogen) atoms. The zero-order valence-electron chi connectivity index (χ0n) is 13.7. The Balaban J connectivity index is 2.95. The second-order valence-electron chi connectivity index (χ2n) is 6.54. The average molecular weight is 344 g/mol. The lowest BCUT2D eigenvalue weighted by atomic mass is 9.82. The first kappa shape index (κ1) is 19.2. The lowest BCUT2D eigenvalue weighted by Crippen LogP contribution is -2.45. The largest absolute Gasteiger partial charge is 0.444 e. The topological polar surface area (TPSA) is 107 Å². The number of hydrogen-bond donors (Lipinski definition) is 2. The molecular formula is C15H22ClN3O4. The van der Waals surface area contributed by atoms with Crippen molar-refractivity contribution in [2.45, 2.75) is 38.7 Å². The minimum Gasteiger partial charge on any atom is -0.444 e. The van der Waals surface area contributed by atoms with Crippen LogP contribution in [0.2, 0.25) is 5.02 Å². The number of halogens is 1. The van der Waals surface area contributed by atoms with Crippen LogP contribution in [0.15, 0.2) is 18.2 Å². The van der Waals surface area contributed by atoms with E-state index in [9.17, 15) is 14.9 Å². The second-order valence-corrected chi connectivity index (χ2v) is 6.95. The third-order valence-corrected chi connectivity index (χ3v) is 3.63. The summed E-state index contributed by atoms with van der Waals surface area (Å²) in [6, 6.07) is 4.50. The molecule has 3 N–H and O–H groups in total. The number of hydrogen-bond acceptors (Lipinski definition) is 5. The van der Waals surface area contributed by atoms with Gasteiger partial charge in [0.15, 0.2) is 0 Å². The van der Waals surface area contributed by atoms with E-state index in [4.69, 9.17) is 22.1 Å². The highest BCUT2D eigenvalue weighted by Gasteiger charge is 2.29. The number of benzene rings is 1. The molecule has 128 valence electrons. The van der Waals surface area contributed by atoms with Gasteiger partial charge in [-0.1, -0.05) is 24.6 Å². The van der Waals surface area contributed by atoms with Crippen molar-refractivity contribution in [3.63, 3.8) is 0 Å². The molecule has 7 nitrogen and oxygen atoms in total. The first-order valence-corrected chi connectivity index (χ1v) is 7.48. The predicted molar refractivity (Wildman–Crippen MR) is 88.7 cm³/mol. The number of nitro benzene ring substituents is 1. The average Bonchev–Trinajstić information content (AvgIpc) is 2.43. The van der Waals surface area contributed by atoms with Gasteiger partial charge in [0.25, 0.3) is 5.69 Å². The molecule has 0 aliphatic heterocycles. The Morgan fingerprint density at radius 3 is 2.48 bits per heavy atom. The van der Waals surface area contributed by atoms with E-state index in [1.807, 2.05) is 0 Å². The number of amides is 1. The first-order chi connectivity index (χ1) is 10.5. The van der Waals surface area contributed by atoms with Crippen LogP contribution < -0.4 is 11.1 Å². The zero-order chi connectivity index (χ0) is 17.8. The number of carbonyl (C=O) groups is 1. The normalized spacial score (nSPS) is 14.0. The van der Waals surface area contributed by atoms with Gasteiger partial charge in [0.1, 0.15) is 10.6 Å². The predicted octanol–water partition coefficient (Wildman–Crippen LogP) is 2.99. The highest BCUT2D eigenvalue weighted by atomic mass is 35.5. The third-order valence-electron chi connectivity index (χ3n) is 3.31. The van der Waals surface area contributed by atoms with Crippen LogP contribution in [0.3, 0.4) is 0 Å². The molecule has 1 amide bonds. The standard InChI is InChI=1S/C15H22ClN3O4/c1-14(2,3)23-13(20)18-9-15(4,8-17)10-5-6-11(16)12(7-10)19(21)22/h5-7H,8-9,17H2,1-4H3,(H,18,20). The van der Waals surface area contributed by atoms with Crippen molar-refractivity contribution in [1.82, 2.24) is 5.32 Å². The van der Waals surface area contributed by atoms with Crippen molar-refractivity contribution in [1.29, 1.82) is 0 Å². The maximum Gasteiger partial charge on any atom is 0.407 e. The summed E-state index contributed by atoms with van der Waals surface area (Å²) in [6.45, 7) is 7.45. The van der Waals surface area contributed by atoms with Gasteiger partial charge in [-0.25, -0.2) is 4.79 Å². The fourth-order valence-electron chi connectivity index (χ4n) is 1.90. The van der Waals surface area contributed by atoms with E-state index < -0.39 is 22.0 Å². The summed E-state index contributed by atoms with van der Waals surface area (Å²) in [6.07, 6.45) is -0.569. The van der Waals surface area contributed by atoms with Crippen molar-refractivity contribution >= 4 is 23.4 Å². The molecule has 0 radical (unpaired) electrons. The molecule has 0 bridgehead atoms. The molecule has 0 aromatic heterocycles. The van der Waals surface area contributed by atoms with E-state index in [2.05, 4.69) is 5.32 Å². The molecule has 8 heteroatoms. The van der Waals surface area contributed by atoms with Gasteiger partial charge in [0.2, 0.25) is 0 Å². The first-order valence-electron chi connectivity index (χ1n) is 7.10. The van der Waals surface area contributed by atoms with Crippen LogP contribution in [0, 0.1) is 10.1 Å². The molecule has 1 aromatic carbocycles. The highest BCUT2D eigenvalue weighted by Crippen LogP contribution is 2.31. The van der Waals surface area contributed by atoms with Gasteiger partial charge in [-0.15, -0.1) is 0 Å². The molecule has 0 aliphatic rings. The number of nitrogens with two attached hydrogens (primary N) is 1. The molecule has 1 rings (SSSR count). The van der Waals surface area contributed by atoms with Crippen LogP contribution in [-0.2, 0) is 10.2 Å². The van der Waals surface area contributed by atoms with Crippen LogP contribution in [0.1, 0.15) is 33.3 Å². The number of rotatable bonds is 5. The van der Waals surface area contributed by atoms with Crippen LogP contribution >= 0.6 is 11.6 Å². The fraction of sp³-hybridized carbons (Fsp3) is 0.533. The molecule has 1 atom stereocenters. The SMILES string of the molecule is CC(C)(C)OC(=O)NCC(C)(CN)c1ccc(Cl)c([N+](=O)[O-])c1. The zero-order valence-corrected chi connectivity index (χ0v) is 14.4. The van der Waals surface area contributed by atoms with Crippen LogP contribution in [-0.4, -0.2) is 29.7 Å². The van der Waals surface area contributed by atoms with E-state index in [-0.39, 0.29) is 23.8 Å². The van der Waals surface area contributed by atoms with Gasteiger partial charge in [0, 0.05) is 24.6 Å². The lowest BCUT2D eigenvalue weighted by molar-refractivity contribution is -0.384. The third kappa shape index (κ3) is 5.37. The molecular weight excluding hydrogens is 322 g/mol. The van der Waals surface area contributed by atoms with E-state index >= 15 is 0 Å². The van der Waals surface area contributed by atoms with Gasteiger partial charge in [0.05, 0.1) is 4.92 Å². The number of carbonyl (C=O) groups excluding carboxylic acids is 1. The number of nitrogens with zero attached hydrogens (tertiary/aromatic N) is 1. The maximum atomic E-state index is 11.8. The van der Waals surface area contributed by atoms with Crippen molar-refractivity contribution in [3.05, 3.63) is 38.9 Å². The van der Waals surface area contributed by atoms with Crippen molar-refractivity contribution in [3.8, 4) is 0 Å². The van der Waals surface area contributed by atoms with E-state index in [1.165, 1.54) is 12.1 Å². The van der Waals surface area contributed by atoms with Crippen LogP contribution in [0.25, 0.3) is 0 Å². The maximum absolute atomic E-state index is 11.8. The van der Waals surface area contributed by atoms with E-state index in [0.29, 0.717) is 5.56 Å². The molecule has 0 heterocycles. The summed E-state index contributed by atoms with van der Waals surface area (Å²) in [5.41, 5.74) is 4.95. The summed E-state index contributed by atoms with van der Waals surface area (Å²) in [7, 11) is 0. The summed E-state index contributed by atoms with van der Waals surface area (Å²) in [5.74, 6) is 0. The summed E-state index contributed by atoms with van der Waals surface area (Å²) >= 11 is 5.82. The van der Waals surface area contributed by atoms with E-state index in [1.54, 1.807) is 33.8 Å². The van der Waals surface area contributed by atoms with E-state index in [0.717, 1.165) is 0 Å². The minimum absolute atomic E-state index is 0.0539. The summed E-state index contributed by atoms with van der Waals surface area (Å²) in [5, 5.41) is 13.7. The Morgan fingerprint density at radius 1 is 1.39 bits per heavy atom. The number of nitrogens with one attached hydrogen (secondary N) is 1. The van der Waals surface area contributed by atoms with Crippen LogP contribution in [0.5, 0.6) is 0 Å². The van der Waals surface area contributed by atoms with Gasteiger partial charge in [-0.3, -0.25) is 10.1 Å². The van der Waals surface area contributed by atoms with Gasteiger partial charge >= 0.3 is 6.09 Å². The van der Waals surface area contributed by atoms with Crippen molar-refractivity contribution in [2.75, 3.05) is 13.1 Å². The molecule has 1 unspecified atom stereocenters. The number of ether oxygens (including phenoxy) is 1. The van der Waals surface area contributed by atoms with Gasteiger partial charge < -0.3 is 15.8 Å². The Bertz CT molecular complexity index is 601. The summed E-state index contributed by atoms with van der Waals surface area (Å²) < 4.78 is 5.17. The Labute approximate surface area is 140 Å². The Morgan fingerprint density at radius 2 is 2.00 bits per heavy atom. The Kier molecular flexibility index (Phi) is 5.96. The molecule has 0 aliphatic carbocycles. The number of alkyl carbamates (subject to hydrolysis) is 1. The molecule has 1 aromatic rings. The number of nitro groups is 1. The lowest BCUT2D eigenvalue weighted by Gasteiger charge is -2.29. The van der Waals surface area contributed by atoms with Gasteiger partial charge in [-0.2, -0.15) is 0 Å². The minimum atomic E-state index is -0.688. The molecule has 0 saturated carbocycles. The van der Waals surface area contributed by atoms with Gasteiger partial charge in [-0.05, 0) is 32.4 Å². The highest BCUT2D eigenvalue weighted by molar-refractivity contribution is 6.32. The Hall–Kier alpha value is -1.86. The van der Waals surface area contributed by atoms with Crippen LogP contribution in [0.4, 0.5) is 10.5 Å². The second kappa shape index (κ2) is 7.14. The molecule has 0 fully saturated rings. The summed E-state index contributed by atoms with van der Waals surface area (Å²) in [4.78, 5) is 22.2. The monoisotopic (exact) mass is 343 g/mol. The van der Waals surface area contributed by atoms with Crippen molar-refractivity contribution in [2.24, 2.45) is 5.73 Å². The smallest absolute Gasteiger partial charge is 0.407 e. The molecule has 0 saturated heterocycles. The quantitative estimate of drug-likeness (QED) is 0.631.